The third-order valence-corrected chi connectivity index (χ3v) is 3.39. The summed E-state index contributed by atoms with van der Waals surface area (Å²) in [6.45, 7) is 3.63. The minimum atomic E-state index is -0.0126. The van der Waals surface area contributed by atoms with Gasteiger partial charge in [-0.2, -0.15) is 0 Å². The van der Waals surface area contributed by atoms with Crippen LogP contribution in [0.2, 0.25) is 0 Å². The smallest absolute Gasteiger partial charge is 0.306 e. The maximum atomic E-state index is 11.5. The van der Waals surface area contributed by atoms with Crippen molar-refractivity contribution in [1.29, 1.82) is 0 Å². The van der Waals surface area contributed by atoms with Crippen LogP contribution >= 0.6 is 0 Å². The predicted molar refractivity (Wildman–Crippen MR) is 65.3 cm³/mol. The highest BCUT2D eigenvalue weighted by molar-refractivity contribution is 5.69. The minimum absolute atomic E-state index is 0.0126. The third-order valence-electron chi connectivity index (χ3n) is 3.39. The highest BCUT2D eigenvalue weighted by Gasteiger charge is 2.21. The number of ether oxygens (including phenoxy) is 1. The first kappa shape index (κ1) is 13.5. The van der Waals surface area contributed by atoms with Gasteiger partial charge in [0, 0.05) is 13.0 Å². The standard InChI is InChI=1S/C13H25NO2/c1-11-4-6-12(7-5-11)10-13(15)16-9-8-14(2)3/h11-12H,4-10H2,1-3H3. The molecule has 0 amide bonds. The van der Waals surface area contributed by atoms with E-state index in [2.05, 4.69) is 6.92 Å². The van der Waals surface area contributed by atoms with Gasteiger partial charge in [-0.15, -0.1) is 0 Å². The summed E-state index contributed by atoms with van der Waals surface area (Å²) in [4.78, 5) is 13.6. The monoisotopic (exact) mass is 227 g/mol. The van der Waals surface area contributed by atoms with Crippen molar-refractivity contribution < 1.29 is 9.53 Å². The number of hydrogen-bond acceptors (Lipinski definition) is 3. The molecule has 0 aromatic rings. The number of hydrogen-bond donors (Lipinski definition) is 0. The van der Waals surface area contributed by atoms with E-state index >= 15 is 0 Å². The Morgan fingerprint density at radius 3 is 2.44 bits per heavy atom. The van der Waals surface area contributed by atoms with Crippen molar-refractivity contribution in [2.45, 2.75) is 39.0 Å². The molecule has 1 saturated carbocycles. The van der Waals surface area contributed by atoms with Crippen molar-refractivity contribution in [2.24, 2.45) is 11.8 Å². The van der Waals surface area contributed by atoms with Crippen molar-refractivity contribution in [1.82, 2.24) is 4.90 Å². The van der Waals surface area contributed by atoms with E-state index in [1.165, 1.54) is 25.7 Å². The molecule has 0 aromatic carbocycles. The Hall–Kier alpha value is -0.570. The van der Waals surface area contributed by atoms with Gasteiger partial charge in [0.1, 0.15) is 6.61 Å². The number of carbonyl (C=O) groups is 1. The van der Waals surface area contributed by atoms with Gasteiger partial charge in [-0.25, -0.2) is 0 Å². The molecule has 94 valence electrons. The maximum Gasteiger partial charge on any atom is 0.306 e. The molecule has 16 heavy (non-hydrogen) atoms. The fourth-order valence-corrected chi connectivity index (χ4v) is 2.17. The fraction of sp³-hybridized carbons (Fsp3) is 0.923. The highest BCUT2D eigenvalue weighted by atomic mass is 16.5. The molecule has 0 N–H and O–H groups in total. The van der Waals surface area contributed by atoms with Crippen LogP contribution in [0.3, 0.4) is 0 Å². The summed E-state index contributed by atoms with van der Waals surface area (Å²) < 4.78 is 5.20. The van der Waals surface area contributed by atoms with E-state index in [9.17, 15) is 4.79 Å². The Morgan fingerprint density at radius 2 is 1.88 bits per heavy atom. The molecule has 3 nitrogen and oxygen atoms in total. The van der Waals surface area contributed by atoms with Crippen LogP contribution in [0.25, 0.3) is 0 Å². The second-order valence-corrected chi connectivity index (χ2v) is 5.35. The Morgan fingerprint density at radius 1 is 1.25 bits per heavy atom. The summed E-state index contributed by atoms with van der Waals surface area (Å²) in [5, 5.41) is 0. The number of carbonyl (C=O) groups excluding carboxylic acids is 1. The second kappa shape index (κ2) is 6.89. The molecule has 0 bridgehead atoms. The molecule has 1 aliphatic carbocycles. The van der Waals surface area contributed by atoms with E-state index < -0.39 is 0 Å². The Kier molecular flexibility index (Phi) is 5.81. The van der Waals surface area contributed by atoms with Crippen LogP contribution in [0.4, 0.5) is 0 Å². The fourth-order valence-electron chi connectivity index (χ4n) is 2.17. The first-order valence-corrected chi connectivity index (χ1v) is 6.38. The van der Waals surface area contributed by atoms with Crippen molar-refractivity contribution in [2.75, 3.05) is 27.2 Å². The van der Waals surface area contributed by atoms with E-state index in [0.717, 1.165) is 12.5 Å². The van der Waals surface area contributed by atoms with Crippen LogP contribution in [-0.2, 0) is 9.53 Å². The molecule has 0 unspecified atom stereocenters. The van der Waals surface area contributed by atoms with E-state index in [0.29, 0.717) is 18.9 Å². The van der Waals surface area contributed by atoms with Gasteiger partial charge in [0.05, 0.1) is 0 Å². The molecule has 1 rings (SSSR count). The van der Waals surface area contributed by atoms with Crippen LogP contribution in [0.15, 0.2) is 0 Å². The quantitative estimate of drug-likeness (QED) is 0.675. The largest absolute Gasteiger partial charge is 0.464 e. The molecule has 0 heterocycles. The Labute approximate surface area is 99.1 Å². The summed E-state index contributed by atoms with van der Waals surface area (Å²) in [6.07, 6.45) is 5.57. The SMILES string of the molecule is CC1CCC(CC(=O)OCCN(C)C)CC1. The van der Waals surface area contributed by atoms with Gasteiger partial charge in [0.2, 0.25) is 0 Å². The summed E-state index contributed by atoms with van der Waals surface area (Å²) in [5.74, 6) is 1.41. The van der Waals surface area contributed by atoms with E-state index in [4.69, 9.17) is 4.74 Å². The molecule has 0 atom stereocenters. The number of rotatable bonds is 5. The highest BCUT2D eigenvalue weighted by Crippen LogP contribution is 2.30. The minimum Gasteiger partial charge on any atom is -0.464 e. The normalized spacial score (nSPS) is 25.8. The molecule has 0 aromatic heterocycles. The van der Waals surface area contributed by atoms with E-state index in [-0.39, 0.29) is 5.97 Å². The van der Waals surface area contributed by atoms with Gasteiger partial charge in [0.25, 0.3) is 0 Å². The maximum absolute atomic E-state index is 11.5. The number of esters is 1. The summed E-state index contributed by atoms with van der Waals surface area (Å²) in [6, 6.07) is 0. The van der Waals surface area contributed by atoms with Crippen LogP contribution in [0.1, 0.15) is 39.0 Å². The van der Waals surface area contributed by atoms with Crippen molar-refractivity contribution >= 4 is 5.97 Å². The number of likely N-dealkylation sites (N-methyl/N-ethyl adjacent to an activating group) is 1. The van der Waals surface area contributed by atoms with Crippen LogP contribution in [0, 0.1) is 11.8 Å². The zero-order valence-electron chi connectivity index (χ0n) is 10.9. The lowest BCUT2D eigenvalue weighted by atomic mass is 9.81. The summed E-state index contributed by atoms with van der Waals surface area (Å²) in [5.41, 5.74) is 0. The lowest BCUT2D eigenvalue weighted by Crippen LogP contribution is -2.22. The molecule has 0 saturated heterocycles. The molecule has 0 spiro atoms. The van der Waals surface area contributed by atoms with Crippen LogP contribution < -0.4 is 0 Å². The van der Waals surface area contributed by atoms with Crippen molar-refractivity contribution in [3.8, 4) is 0 Å². The van der Waals surface area contributed by atoms with Gasteiger partial charge in [0.15, 0.2) is 0 Å². The summed E-state index contributed by atoms with van der Waals surface area (Å²) in [7, 11) is 3.97. The van der Waals surface area contributed by atoms with Crippen molar-refractivity contribution in [3.63, 3.8) is 0 Å². The average molecular weight is 227 g/mol. The van der Waals surface area contributed by atoms with Crippen molar-refractivity contribution in [3.05, 3.63) is 0 Å². The molecule has 1 aliphatic rings. The first-order valence-electron chi connectivity index (χ1n) is 6.38. The van der Waals surface area contributed by atoms with Crippen LogP contribution in [-0.4, -0.2) is 38.1 Å². The van der Waals surface area contributed by atoms with Gasteiger partial charge in [-0.3, -0.25) is 4.79 Å². The van der Waals surface area contributed by atoms with Gasteiger partial charge >= 0.3 is 5.97 Å². The zero-order valence-corrected chi connectivity index (χ0v) is 10.9. The van der Waals surface area contributed by atoms with E-state index in [1.807, 2.05) is 19.0 Å². The second-order valence-electron chi connectivity index (χ2n) is 5.35. The lowest BCUT2D eigenvalue weighted by molar-refractivity contribution is -0.145. The van der Waals surface area contributed by atoms with Crippen LogP contribution in [0.5, 0.6) is 0 Å². The summed E-state index contributed by atoms with van der Waals surface area (Å²) >= 11 is 0. The Balaban J connectivity index is 2.09. The zero-order chi connectivity index (χ0) is 12.0. The van der Waals surface area contributed by atoms with E-state index in [1.54, 1.807) is 0 Å². The lowest BCUT2D eigenvalue weighted by Gasteiger charge is -2.25. The van der Waals surface area contributed by atoms with Gasteiger partial charge < -0.3 is 9.64 Å². The molecule has 3 heteroatoms. The van der Waals surface area contributed by atoms with Gasteiger partial charge in [-0.1, -0.05) is 19.8 Å². The van der Waals surface area contributed by atoms with Gasteiger partial charge in [-0.05, 0) is 38.8 Å². The Bertz CT molecular complexity index is 208. The average Bonchev–Trinajstić information content (AvgIpc) is 2.21. The molecular weight excluding hydrogens is 202 g/mol. The molecule has 0 aliphatic heterocycles. The predicted octanol–water partition coefficient (Wildman–Crippen LogP) is 2.31. The molecular formula is C13H25NO2. The number of nitrogens with zero attached hydrogens (tertiary/aromatic N) is 1. The third kappa shape index (κ3) is 5.50. The topological polar surface area (TPSA) is 29.5 Å². The molecule has 0 radical (unpaired) electrons. The molecule has 1 fully saturated rings. The first-order chi connectivity index (χ1) is 7.58.